The fourth-order valence-electron chi connectivity index (χ4n) is 2.99. The lowest BCUT2D eigenvalue weighted by atomic mass is 9.83. The van der Waals surface area contributed by atoms with Gasteiger partial charge in [0.15, 0.2) is 0 Å². The van der Waals surface area contributed by atoms with E-state index in [2.05, 4.69) is 10.6 Å². The van der Waals surface area contributed by atoms with Crippen LogP contribution in [-0.2, 0) is 9.59 Å². The molecule has 2 fully saturated rings. The van der Waals surface area contributed by atoms with Crippen LogP contribution in [-0.4, -0.2) is 49.4 Å². The monoisotopic (exact) mass is 253 g/mol. The fourth-order valence-corrected chi connectivity index (χ4v) is 2.99. The smallest absolute Gasteiger partial charge is 0.222 e. The molecule has 102 valence electrons. The predicted octanol–water partition coefficient (Wildman–Crippen LogP) is -0.0294. The maximum atomic E-state index is 12.1. The molecule has 0 aromatic rings. The number of amides is 2. The van der Waals surface area contributed by atoms with Gasteiger partial charge in [0.25, 0.3) is 0 Å². The lowest BCUT2D eigenvalue weighted by Gasteiger charge is -2.29. The second-order valence-corrected chi connectivity index (χ2v) is 5.37. The zero-order chi connectivity index (χ0) is 13.0. The zero-order valence-electron chi connectivity index (χ0n) is 11.1. The van der Waals surface area contributed by atoms with Crippen LogP contribution in [0.5, 0.6) is 0 Å². The molecule has 0 radical (unpaired) electrons. The average molecular weight is 253 g/mol. The van der Waals surface area contributed by atoms with Crippen LogP contribution in [0.1, 0.15) is 26.2 Å². The predicted molar refractivity (Wildman–Crippen MR) is 69.0 cm³/mol. The van der Waals surface area contributed by atoms with E-state index in [9.17, 15) is 9.59 Å². The van der Waals surface area contributed by atoms with Crippen LogP contribution in [0.25, 0.3) is 0 Å². The third-order valence-corrected chi connectivity index (χ3v) is 4.08. The Morgan fingerprint density at radius 2 is 2.28 bits per heavy atom. The highest BCUT2D eigenvalue weighted by molar-refractivity contribution is 5.77. The third kappa shape index (κ3) is 3.45. The Kier molecular flexibility index (Phi) is 4.58. The Labute approximate surface area is 108 Å². The summed E-state index contributed by atoms with van der Waals surface area (Å²) in [5.41, 5.74) is 0. The van der Waals surface area contributed by atoms with Gasteiger partial charge in [-0.2, -0.15) is 0 Å². The highest BCUT2D eigenvalue weighted by Crippen LogP contribution is 2.29. The van der Waals surface area contributed by atoms with E-state index in [1.807, 2.05) is 4.90 Å². The number of rotatable bonds is 3. The summed E-state index contributed by atoms with van der Waals surface area (Å²) < 4.78 is 0. The van der Waals surface area contributed by atoms with Gasteiger partial charge in [0, 0.05) is 33.0 Å². The Morgan fingerprint density at radius 1 is 1.44 bits per heavy atom. The van der Waals surface area contributed by atoms with Crippen molar-refractivity contribution in [3.63, 3.8) is 0 Å². The molecule has 2 rings (SSSR count). The Bertz CT molecular complexity index is 319. The third-order valence-electron chi connectivity index (χ3n) is 4.08. The molecule has 0 bridgehead atoms. The SMILES string of the molecule is CC(=O)NCCN1CCC2CNCCC2CC1=O. The van der Waals surface area contributed by atoms with Crippen LogP contribution in [0.3, 0.4) is 0 Å². The Balaban J connectivity index is 1.85. The van der Waals surface area contributed by atoms with Gasteiger partial charge in [0.2, 0.25) is 11.8 Å². The van der Waals surface area contributed by atoms with Gasteiger partial charge in [-0.15, -0.1) is 0 Å². The molecule has 2 aliphatic heterocycles. The molecule has 0 spiro atoms. The normalized spacial score (nSPS) is 28.5. The van der Waals surface area contributed by atoms with E-state index >= 15 is 0 Å². The summed E-state index contributed by atoms with van der Waals surface area (Å²) in [6.45, 7) is 5.64. The molecule has 0 aliphatic carbocycles. The number of carbonyl (C=O) groups excluding carboxylic acids is 2. The van der Waals surface area contributed by atoms with Crippen LogP contribution in [0.4, 0.5) is 0 Å². The first-order valence-corrected chi connectivity index (χ1v) is 6.89. The Morgan fingerprint density at radius 3 is 3.06 bits per heavy atom. The fraction of sp³-hybridized carbons (Fsp3) is 0.846. The van der Waals surface area contributed by atoms with Crippen LogP contribution in [0, 0.1) is 11.8 Å². The minimum Gasteiger partial charge on any atom is -0.355 e. The molecule has 0 saturated carbocycles. The summed E-state index contributed by atoms with van der Waals surface area (Å²) in [7, 11) is 0. The number of hydrogen-bond donors (Lipinski definition) is 2. The van der Waals surface area contributed by atoms with Crippen molar-refractivity contribution in [2.75, 3.05) is 32.7 Å². The van der Waals surface area contributed by atoms with Crippen molar-refractivity contribution in [2.45, 2.75) is 26.2 Å². The highest BCUT2D eigenvalue weighted by atomic mass is 16.2. The first kappa shape index (κ1) is 13.3. The summed E-state index contributed by atoms with van der Waals surface area (Å²) in [5, 5.41) is 6.16. The molecule has 5 nitrogen and oxygen atoms in total. The largest absolute Gasteiger partial charge is 0.355 e. The molecular formula is C13H23N3O2. The van der Waals surface area contributed by atoms with Crippen molar-refractivity contribution in [1.82, 2.24) is 15.5 Å². The van der Waals surface area contributed by atoms with Crippen molar-refractivity contribution in [3.8, 4) is 0 Å². The van der Waals surface area contributed by atoms with Crippen molar-refractivity contribution < 1.29 is 9.59 Å². The lowest BCUT2D eigenvalue weighted by Crippen LogP contribution is -2.38. The maximum Gasteiger partial charge on any atom is 0.222 e. The molecule has 2 unspecified atom stereocenters. The standard InChI is InChI=1S/C13H23N3O2/c1-10(17)15-5-7-16-6-3-12-9-14-4-2-11(12)8-13(16)18/h11-12,14H,2-9H2,1H3,(H,15,17). The summed E-state index contributed by atoms with van der Waals surface area (Å²) >= 11 is 0. The van der Waals surface area contributed by atoms with E-state index in [-0.39, 0.29) is 11.8 Å². The van der Waals surface area contributed by atoms with E-state index in [1.165, 1.54) is 6.92 Å². The van der Waals surface area contributed by atoms with E-state index in [1.54, 1.807) is 0 Å². The molecule has 18 heavy (non-hydrogen) atoms. The second kappa shape index (κ2) is 6.18. The van der Waals surface area contributed by atoms with Gasteiger partial charge in [-0.3, -0.25) is 9.59 Å². The number of nitrogens with zero attached hydrogens (tertiary/aromatic N) is 1. The molecule has 2 atom stereocenters. The molecule has 2 saturated heterocycles. The van der Waals surface area contributed by atoms with E-state index < -0.39 is 0 Å². The number of likely N-dealkylation sites (tertiary alicyclic amines) is 1. The van der Waals surface area contributed by atoms with E-state index in [0.717, 1.165) is 32.5 Å². The first-order valence-electron chi connectivity index (χ1n) is 6.89. The van der Waals surface area contributed by atoms with Crippen LogP contribution in [0.2, 0.25) is 0 Å². The minimum atomic E-state index is -0.0323. The van der Waals surface area contributed by atoms with Crippen LogP contribution in [0.15, 0.2) is 0 Å². The molecule has 2 aliphatic rings. The van der Waals surface area contributed by atoms with Gasteiger partial charge in [-0.1, -0.05) is 0 Å². The van der Waals surface area contributed by atoms with Crippen LogP contribution < -0.4 is 10.6 Å². The summed E-state index contributed by atoms with van der Waals surface area (Å²) in [6.07, 6.45) is 2.89. The van der Waals surface area contributed by atoms with Gasteiger partial charge in [-0.25, -0.2) is 0 Å². The van der Waals surface area contributed by atoms with Crippen molar-refractivity contribution in [3.05, 3.63) is 0 Å². The van der Waals surface area contributed by atoms with Crippen LogP contribution >= 0.6 is 0 Å². The van der Waals surface area contributed by atoms with Gasteiger partial charge in [-0.05, 0) is 37.8 Å². The maximum absolute atomic E-state index is 12.1. The summed E-state index contributed by atoms with van der Waals surface area (Å²) in [5.74, 6) is 1.43. The molecule has 2 heterocycles. The van der Waals surface area contributed by atoms with Crippen molar-refractivity contribution >= 4 is 11.8 Å². The van der Waals surface area contributed by atoms with Gasteiger partial charge >= 0.3 is 0 Å². The van der Waals surface area contributed by atoms with E-state index in [4.69, 9.17) is 0 Å². The number of carbonyl (C=O) groups is 2. The molecule has 2 amide bonds. The number of nitrogens with one attached hydrogen (secondary N) is 2. The topological polar surface area (TPSA) is 61.4 Å². The molecule has 2 N–H and O–H groups in total. The molecule has 0 aromatic heterocycles. The quantitative estimate of drug-likeness (QED) is 0.742. The summed E-state index contributed by atoms with van der Waals surface area (Å²) in [4.78, 5) is 24.9. The highest BCUT2D eigenvalue weighted by Gasteiger charge is 2.32. The first-order chi connectivity index (χ1) is 8.66. The number of piperidine rings is 1. The van der Waals surface area contributed by atoms with Gasteiger partial charge in [0.05, 0.1) is 0 Å². The summed E-state index contributed by atoms with van der Waals surface area (Å²) in [6, 6.07) is 0. The number of fused-ring (bicyclic) bond motifs is 1. The van der Waals surface area contributed by atoms with E-state index in [0.29, 0.717) is 31.3 Å². The lowest BCUT2D eigenvalue weighted by molar-refractivity contribution is -0.131. The second-order valence-electron chi connectivity index (χ2n) is 5.37. The molecule has 5 heteroatoms. The molecule has 0 aromatic carbocycles. The number of hydrogen-bond acceptors (Lipinski definition) is 3. The average Bonchev–Trinajstić information content (AvgIpc) is 2.49. The zero-order valence-corrected chi connectivity index (χ0v) is 11.1. The van der Waals surface area contributed by atoms with Crippen molar-refractivity contribution in [1.29, 1.82) is 0 Å². The van der Waals surface area contributed by atoms with Crippen molar-refractivity contribution in [2.24, 2.45) is 11.8 Å². The molecular weight excluding hydrogens is 230 g/mol. The Hall–Kier alpha value is -1.10. The van der Waals surface area contributed by atoms with Gasteiger partial charge < -0.3 is 15.5 Å². The minimum absolute atomic E-state index is 0.0323. The van der Waals surface area contributed by atoms with Gasteiger partial charge in [0.1, 0.15) is 0 Å².